The van der Waals surface area contributed by atoms with E-state index in [1.54, 1.807) is 16.3 Å². The topological polar surface area (TPSA) is 66.6 Å². The van der Waals surface area contributed by atoms with E-state index in [-0.39, 0.29) is 18.0 Å². The molecule has 6 rings (SSSR count). The van der Waals surface area contributed by atoms with E-state index in [2.05, 4.69) is 25.1 Å². The molecule has 3 fully saturated rings. The van der Waals surface area contributed by atoms with Gasteiger partial charge >= 0.3 is 0 Å². The third-order valence-corrected chi connectivity index (χ3v) is 6.29. The van der Waals surface area contributed by atoms with Gasteiger partial charge in [0.15, 0.2) is 11.5 Å². The van der Waals surface area contributed by atoms with E-state index in [9.17, 15) is 4.79 Å². The largest absolute Gasteiger partial charge is 0.351 e. The van der Waals surface area contributed by atoms with Gasteiger partial charge in [0.2, 0.25) is 0 Å². The first-order valence-electron chi connectivity index (χ1n) is 9.05. The van der Waals surface area contributed by atoms with Crippen molar-refractivity contribution < 1.29 is 4.79 Å². The molecule has 0 radical (unpaired) electrons. The molecule has 138 valence electrons. The van der Waals surface area contributed by atoms with Crippen molar-refractivity contribution in [1.82, 2.24) is 24.7 Å². The fraction of sp³-hybridized carbons (Fsp3) is 0.368. The molecule has 3 saturated heterocycles. The molecule has 8 heteroatoms. The van der Waals surface area contributed by atoms with E-state index >= 15 is 0 Å². The van der Waals surface area contributed by atoms with Crippen LogP contribution in [0.15, 0.2) is 41.3 Å². The number of hydrogen-bond acceptors (Lipinski definition) is 6. The molecule has 0 N–H and O–H groups in total. The molecule has 5 heterocycles. The summed E-state index contributed by atoms with van der Waals surface area (Å²) in [6, 6.07) is 12.3. The first kappa shape index (κ1) is 16.6. The minimum atomic E-state index is 0.152. The number of rotatable bonds is 3. The van der Waals surface area contributed by atoms with Gasteiger partial charge in [-0.3, -0.25) is 4.79 Å². The molecule has 7 nitrogen and oxygen atoms in total. The van der Waals surface area contributed by atoms with Gasteiger partial charge < -0.3 is 9.80 Å². The molecule has 1 aromatic carbocycles. The maximum absolute atomic E-state index is 13.1. The van der Waals surface area contributed by atoms with Crippen LogP contribution in [0.3, 0.4) is 0 Å². The second-order valence-electron chi connectivity index (χ2n) is 7.07. The molecule has 0 spiro atoms. The van der Waals surface area contributed by atoms with Crippen LogP contribution in [0.2, 0.25) is 0 Å². The highest BCUT2D eigenvalue weighted by Crippen LogP contribution is 2.36. The summed E-state index contributed by atoms with van der Waals surface area (Å²) in [6.07, 6.45) is 3.08. The number of anilines is 1. The lowest BCUT2D eigenvalue weighted by atomic mass is 9.86. The van der Waals surface area contributed by atoms with Crippen LogP contribution in [-0.4, -0.2) is 62.0 Å². The number of amides is 1. The molecule has 3 aliphatic heterocycles. The van der Waals surface area contributed by atoms with E-state index < -0.39 is 0 Å². The molecule has 0 saturated carbocycles. The van der Waals surface area contributed by atoms with Crippen molar-refractivity contribution in [2.75, 3.05) is 24.2 Å². The van der Waals surface area contributed by atoms with E-state index in [0.29, 0.717) is 0 Å². The third-order valence-electron chi connectivity index (χ3n) is 5.49. The number of piperidine rings is 1. The Morgan fingerprint density at radius 1 is 1.11 bits per heavy atom. The van der Waals surface area contributed by atoms with Gasteiger partial charge in [-0.15, -0.1) is 27.1 Å². The van der Waals surface area contributed by atoms with Gasteiger partial charge in [0, 0.05) is 18.0 Å². The Morgan fingerprint density at radius 2 is 1.89 bits per heavy atom. The van der Waals surface area contributed by atoms with E-state index in [0.717, 1.165) is 47.3 Å². The summed E-state index contributed by atoms with van der Waals surface area (Å²) in [4.78, 5) is 18.5. The van der Waals surface area contributed by atoms with Crippen LogP contribution < -0.4 is 4.90 Å². The lowest BCUT2D eigenvalue weighted by Crippen LogP contribution is -2.70. The van der Waals surface area contributed by atoms with Crippen molar-refractivity contribution >= 4 is 29.1 Å². The number of benzene rings is 1. The predicted octanol–water partition coefficient (Wildman–Crippen LogP) is 2.26. The molecule has 1 amide bonds. The monoisotopic (exact) mass is 380 g/mol. The summed E-state index contributed by atoms with van der Waals surface area (Å²) >= 11 is 1.62. The Hall–Kier alpha value is -2.61. The number of aromatic nitrogens is 4. The molecule has 3 aliphatic rings. The maximum Gasteiger partial charge on any atom is 0.255 e. The number of carbonyl (C=O) groups excluding carboxylic acids is 1. The molecule has 0 aliphatic carbocycles. The number of aryl methyl sites for hydroxylation is 1. The maximum atomic E-state index is 13.1. The Kier molecular flexibility index (Phi) is 3.82. The first-order chi connectivity index (χ1) is 13.2. The van der Waals surface area contributed by atoms with E-state index in [4.69, 9.17) is 0 Å². The van der Waals surface area contributed by atoms with Crippen molar-refractivity contribution in [2.45, 2.75) is 30.3 Å². The summed E-state index contributed by atoms with van der Waals surface area (Å²) < 4.78 is 1.77. The quantitative estimate of drug-likeness (QED) is 0.650. The highest BCUT2D eigenvalue weighted by Gasteiger charge is 2.48. The van der Waals surface area contributed by atoms with Crippen molar-refractivity contribution in [1.29, 1.82) is 0 Å². The van der Waals surface area contributed by atoms with E-state index in [1.165, 1.54) is 0 Å². The molecular weight excluding hydrogens is 360 g/mol. The predicted molar refractivity (Wildman–Crippen MR) is 104 cm³/mol. The molecule has 2 atom stereocenters. The number of nitrogens with zero attached hydrogens (tertiary/aromatic N) is 6. The van der Waals surface area contributed by atoms with Crippen LogP contribution in [0.4, 0.5) is 5.82 Å². The summed E-state index contributed by atoms with van der Waals surface area (Å²) in [5.74, 6) is 1.84. The minimum absolute atomic E-state index is 0.152. The minimum Gasteiger partial charge on any atom is -0.351 e. The smallest absolute Gasteiger partial charge is 0.255 e. The fourth-order valence-electron chi connectivity index (χ4n) is 4.14. The lowest BCUT2D eigenvalue weighted by Gasteiger charge is -2.56. The first-order valence-corrected chi connectivity index (χ1v) is 10.3. The third kappa shape index (κ3) is 2.58. The molecular formula is C19H20N6OS. The van der Waals surface area contributed by atoms with Gasteiger partial charge in [-0.05, 0) is 43.9 Å². The number of carbonyl (C=O) groups is 1. The second kappa shape index (κ2) is 6.23. The molecule has 2 aromatic heterocycles. The van der Waals surface area contributed by atoms with Gasteiger partial charge in [-0.25, -0.2) is 0 Å². The lowest BCUT2D eigenvalue weighted by molar-refractivity contribution is 0.00542. The van der Waals surface area contributed by atoms with Crippen molar-refractivity contribution in [3.05, 3.63) is 47.8 Å². The Labute approximate surface area is 161 Å². The molecule has 2 unspecified atom stereocenters. The van der Waals surface area contributed by atoms with Crippen LogP contribution in [0.5, 0.6) is 0 Å². The average molecular weight is 380 g/mol. The second-order valence-corrected chi connectivity index (χ2v) is 7.92. The number of thioether (sulfide) groups is 1. The molecule has 2 bridgehead atoms. The Morgan fingerprint density at radius 3 is 2.67 bits per heavy atom. The van der Waals surface area contributed by atoms with Crippen molar-refractivity contribution in [3.8, 4) is 0 Å². The highest BCUT2D eigenvalue weighted by atomic mass is 32.2. The standard InChI is InChI=1S/C19H20N6OS/c1-12-20-21-17-7-8-18(22-25(12)17)23-10-13-9-14(11-23)24(13)19(26)15-5-3-4-6-16(15)27-2/h3-8,13-14H,9-11H2,1-2H3. The normalized spacial score (nSPS) is 21.4. The summed E-state index contributed by atoms with van der Waals surface area (Å²) in [7, 11) is 0. The fourth-order valence-corrected chi connectivity index (χ4v) is 4.73. The van der Waals surface area contributed by atoms with Gasteiger partial charge in [-0.2, -0.15) is 4.52 Å². The van der Waals surface area contributed by atoms with Gasteiger partial charge in [-0.1, -0.05) is 12.1 Å². The van der Waals surface area contributed by atoms with Crippen LogP contribution in [-0.2, 0) is 0 Å². The summed E-state index contributed by atoms with van der Waals surface area (Å²) in [6.45, 7) is 3.51. The van der Waals surface area contributed by atoms with Gasteiger partial charge in [0.25, 0.3) is 5.91 Å². The van der Waals surface area contributed by atoms with Crippen LogP contribution in [0, 0.1) is 6.92 Å². The van der Waals surface area contributed by atoms with Crippen LogP contribution in [0.1, 0.15) is 22.6 Å². The number of hydrogen-bond donors (Lipinski definition) is 0. The zero-order valence-corrected chi connectivity index (χ0v) is 16.1. The zero-order chi connectivity index (χ0) is 18.5. The Balaban J connectivity index is 1.37. The summed E-state index contributed by atoms with van der Waals surface area (Å²) in [5, 5.41) is 12.8. The van der Waals surface area contributed by atoms with E-state index in [1.807, 2.05) is 49.6 Å². The Bertz CT molecular complexity index is 1020. The highest BCUT2D eigenvalue weighted by molar-refractivity contribution is 7.98. The van der Waals surface area contributed by atoms with Crippen molar-refractivity contribution in [3.63, 3.8) is 0 Å². The number of piperazine rings is 1. The van der Waals surface area contributed by atoms with Crippen LogP contribution in [0.25, 0.3) is 5.65 Å². The van der Waals surface area contributed by atoms with Gasteiger partial charge in [0.05, 0.1) is 17.6 Å². The summed E-state index contributed by atoms with van der Waals surface area (Å²) in [5.41, 5.74) is 1.57. The molecule has 3 aromatic rings. The van der Waals surface area contributed by atoms with Gasteiger partial charge in [0.1, 0.15) is 5.82 Å². The zero-order valence-electron chi connectivity index (χ0n) is 15.2. The SMILES string of the molecule is CSc1ccccc1C(=O)N1C2CC1CN(c1ccc3nnc(C)n3n1)C2. The molecule has 27 heavy (non-hydrogen) atoms. The van der Waals surface area contributed by atoms with Crippen molar-refractivity contribution in [2.24, 2.45) is 0 Å². The number of fused-ring (bicyclic) bond motifs is 3. The average Bonchev–Trinajstić information content (AvgIpc) is 3.08. The van der Waals surface area contributed by atoms with Crippen LogP contribution >= 0.6 is 11.8 Å².